The summed E-state index contributed by atoms with van der Waals surface area (Å²) in [5, 5.41) is 0. The van der Waals surface area contributed by atoms with Crippen molar-refractivity contribution < 1.29 is 14.4 Å². The molecule has 1 N–H and O–H groups in total. The van der Waals surface area contributed by atoms with Crippen molar-refractivity contribution in [1.82, 2.24) is 5.48 Å². The molecule has 1 aromatic rings. The first-order chi connectivity index (χ1) is 7.89. The molecule has 0 unspecified atom stereocenters. The van der Waals surface area contributed by atoms with Crippen molar-refractivity contribution >= 4 is 11.9 Å². The normalized spacial score (nSPS) is 10.8. The van der Waals surface area contributed by atoms with Crippen LogP contribution in [-0.4, -0.2) is 11.9 Å². The van der Waals surface area contributed by atoms with E-state index in [1.165, 1.54) is 0 Å². The molecule has 92 valence electrons. The smallest absolute Gasteiger partial charge is 0.337 e. The minimum Gasteiger partial charge on any atom is -0.340 e. The van der Waals surface area contributed by atoms with Gasteiger partial charge in [0.05, 0.1) is 11.8 Å². The van der Waals surface area contributed by atoms with Gasteiger partial charge in [0.15, 0.2) is 0 Å². The molecule has 1 rings (SSSR count). The van der Waals surface area contributed by atoms with Crippen molar-refractivity contribution in [1.29, 1.82) is 0 Å². The molecule has 0 spiro atoms. The molecule has 0 radical (unpaired) electrons. The summed E-state index contributed by atoms with van der Waals surface area (Å²) in [6.07, 6.45) is 0.193. The summed E-state index contributed by atoms with van der Waals surface area (Å²) in [6, 6.07) is 9.25. The van der Waals surface area contributed by atoms with E-state index in [0.717, 1.165) is 5.56 Å². The lowest BCUT2D eigenvalue weighted by Gasteiger charge is -2.15. The van der Waals surface area contributed by atoms with E-state index in [1.807, 2.05) is 30.3 Å². The molecule has 0 saturated heterocycles. The minimum absolute atomic E-state index is 0.193. The molecule has 0 aliphatic rings. The Hall–Kier alpha value is -1.84. The quantitative estimate of drug-likeness (QED) is 0.796. The fourth-order valence-electron chi connectivity index (χ4n) is 1.07. The van der Waals surface area contributed by atoms with Gasteiger partial charge in [-0.25, -0.2) is 4.79 Å². The van der Waals surface area contributed by atoms with E-state index in [-0.39, 0.29) is 12.3 Å². The van der Waals surface area contributed by atoms with E-state index < -0.39 is 11.4 Å². The van der Waals surface area contributed by atoms with Crippen molar-refractivity contribution in [3.63, 3.8) is 0 Å². The molecule has 1 amide bonds. The topological polar surface area (TPSA) is 55.4 Å². The highest BCUT2D eigenvalue weighted by molar-refractivity contribution is 5.81. The molecular weight excluding hydrogens is 218 g/mol. The molecule has 0 heterocycles. The van der Waals surface area contributed by atoms with Crippen LogP contribution in [0.5, 0.6) is 0 Å². The summed E-state index contributed by atoms with van der Waals surface area (Å²) in [5.41, 5.74) is 2.40. The second-order valence-corrected chi connectivity index (χ2v) is 4.83. The lowest BCUT2D eigenvalue weighted by atomic mass is 9.98. The molecule has 0 aliphatic heterocycles. The lowest BCUT2D eigenvalue weighted by molar-refractivity contribution is -0.165. The number of carbonyl (C=O) groups is 2. The summed E-state index contributed by atoms with van der Waals surface area (Å²) >= 11 is 0. The van der Waals surface area contributed by atoms with Crippen molar-refractivity contribution in [2.45, 2.75) is 27.2 Å². The van der Waals surface area contributed by atoms with Crippen LogP contribution in [-0.2, 0) is 20.8 Å². The Morgan fingerprint density at radius 2 is 1.76 bits per heavy atom. The van der Waals surface area contributed by atoms with Gasteiger partial charge in [0.1, 0.15) is 0 Å². The highest BCUT2D eigenvalue weighted by atomic mass is 16.7. The van der Waals surface area contributed by atoms with Gasteiger partial charge in [-0.15, -0.1) is 0 Å². The number of benzene rings is 1. The van der Waals surface area contributed by atoms with Gasteiger partial charge < -0.3 is 4.84 Å². The number of rotatable bonds is 2. The Kier molecular flexibility index (Phi) is 4.26. The zero-order valence-corrected chi connectivity index (χ0v) is 10.3. The largest absolute Gasteiger partial charge is 0.340 e. The summed E-state index contributed by atoms with van der Waals surface area (Å²) in [6.45, 7) is 5.16. The maximum absolute atomic E-state index is 11.5. The van der Waals surface area contributed by atoms with E-state index in [4.69, 9.17) is 4.84 Å². The van der Waals surface area contributed by atoms with Crippen LogP contribution in [0.4, 0.5) is 0 Å². The fraction of sp³-hybridized carbons (Fsp3) is 0.385. The number of hydrogen-bond donors (Lipinski definition) is 1. The van der Waals surface area contributed by atoms with Crippen LogP contribution >= 0.6 is 0 Å². The zero-order valence-electron chi connectivity index (χ0n) is 10.3. The molecule has 0 bridgehead atoms. The number of hydroxylamine groups is 1. The Labute approximate surface area is 101 Å². The SMILES string of the molecule is CC(C)(C)C(=O)ONC(=O)Cc1ccccc1. The van der Waals surface area contributed by atoms with Gasteiger partial charge in [0.25, 0.3) is 5.91 Å². The van der Waals surface area contributed by atoms with Gasteiger partial charge >= 0.3 is 5.97 Å². The Morgan fingerprint density at radius 3 is 2.29 bits per heavy atom. The van der Waals surface area contributed by atoms with Gasteiger partial charge in [-0.1, -0.05) is 30.3 Å². The van der Waals surface area contributed by atoms with E-state index in [0.29, 0.717) is 0 Å². The van der Waals surface area contributed by atoms with Crippen LogP contribution in [0.3, 0.4) is 0 Å². The molecule has 0 atom stereocenters. The summed E-state index contributed by atoms with van der Waals surface area (Å²) in [4.78, 5) is 27.5. The molecule has 17 heavy (non-hydrogen) atoms. The Balaban J connectivity index is 2.39. The van der Waals surface area contributed by atoms with Crippen LogP contribution in [0.25, 0.3) is 0 Å². The molecule has 4 nitrogen and oxygen atoms in total. The average Bonchev–Trinajstić information content (AvgIpc) is 2.26. The summed E-state index contributed by atoms with van der Waals surface area (Å²) in [5.74, 6) is -0.798. The minimum atomic E-state index is -0.625. The van der Waals surface area contributed by atoms with E-state index >= 15 is 0 Å². The second kappa shape index (κ2) is 5.48. The number of amides is 1. The molecule has 0 aromatic heterocycles. The lowest BCUT2D eigenvalue weighted by Crippen LogP contribution is -2.33. The number of nitrogens with one attached hydrogen (secondary N) is 1. The highest BCUT2D eigenvalue weighted by Crippen LogP contribution is 2.14. The van der Waals surface area contributed by atoms with E-state index in [9.17, 15) is 9.59 Å². The molecule has 4 heteroatoms. The molecular formula is C13H17NO3. The average molecular weight is 235 g/mol. The molecule has 0 aliphatic carbocycles. The fourth-order valence-corrected chi connectivity index (χ4v) is 1.07. The van der Waals surface area contributed by atoms with Gasteiger partial charge in [-0.05, 0) is 26.3 Å². The molecule has 1 aromatic carbocycles. The molecule has 0 saturated carbocycles. The summed E-state index contributed by atoms with van der Waals surface area (Å²) in [7, 11) is 0. The third kappa shape index (κ3) is 4.68. The monoisotopic (exact) mass is 235 g/mol. The van der Waals surface area contributed by atoms with Crippen LogP contribution < -0.4 is 5.48 Å². The first kappa shape index (κ1) is 13.2. The second-order valence-electron chi connectivity index (χ2n) is 4.83. The third-order valence-corrected chi connectivity index (χ3v) is 2.08. The first-order valence-electron chi connectivity index (χ1n) is 5.43. The van der Waals surface area contributed by atoms with Crippen molar-refractivity contribution in [2.75, 3.05) is 0 Å². The van der Waals surface area contributed by atoms with Gasteiger partial charge in [0, 0.05) is 0 Å². The number of carbonyl (C=O) groups excluding carboxylic acids is 2. The highest BCUT2D eigenvalue weighted by Gasteiger charge is 2.24. The maximum atomic E-state index is 11.5. The van der Waals surface area contributed by atoms with Crippen LogP contribution in [0.1, 0.15) is 26.3 Å². The van der Waals surface area contributed by atoms with Gasteiger partial charge in [-0.3, -0.25) is 4.79 Å². The van der Waals surface area contributed by atoms with Gasteiger partial charge in [0.2, 0.25) is 0 Å². The predicted molar refractivity (Wildman–Crippen MR) is 63.8 cm³/mol. The van der Waals surface area contributed by atoms with Gasteiger partial charge in [-0.2, -0.15) is 5.48 Å². The zero-order chi connectivity index (χ0) is 12.9. The third-order valence-electron chi connectivity index (χ3n) is 2.08. The standard InChI is InChI=1S/C13H17NO3/c1-13(2,3)12(16)17-14-11(15)9-10-7-5-4-6-8-10/h4-8H,9H2,1-3H3,(H,14,15). The van der Waals surface area contributed by atoms with Crippen LogP contribution in [0.2, 0.25) is 0 Å². The van der Waals surface area contributed by atoms with Crippen molar-refractivity contribution in [3.8, 4) is 0 Å². The Bertz CT molecular complexity index is 393. The predicted octanol–water partition coefficient (Wildman–Crippen LogP) is 1.85. The summed E-state index contributed by atoms with van der Waals surface area (Å²) < 4.78 is 0. The maximum Gasteiger partial charge on any atom is 0.337 e. The van der Waals surface area contributed by atoms with E-state index in [1.54, 1.807) is 20.8 Å². The Morgan fingerprint density at radius 1 is 1.18 bits per heavy atom. The number of hydrogen-bond acceptors (Lipinski definition) is 3. The van der Waals surface area contributed by atoms with Crippen LogP contribution in [0, 0.1) is 5.41 Å². The van der Waals surface area contributed by atoms with E-state index in [2.05, 4.69) is 5.48 Å². The van der Waals surface area contributed by atoms with Crippen LogP contribution in [0.15, 0.2) is 30.3 Å². The van der Waals surface area contributed by atoms with Crippen molar-refractivity contribution in [2.24, 2.45) is 5.41 Å². The van der Waals surface area contributed by atoms with Crippen molar-refractivity contribution in [3.05, 3.63) is 35.9 Å². The first-order valence-corrected chi connectivity index (χ1v) is 5.43. The molecule has 0 fully saturated rings.